The van der Waals surface area contributed by atoms with Gasteiger partial charge < -0.3 is 4.74 Å². The molecule has 0 radical (unpaired) electrons. The first kappa shape index (κ1) is 11.6. The van der Waals surface area contributed by atoms with E-state index >= 15 is 0 Å². The highest BCUT2D eigenvalue weighted by atomic mass is 16.5. The number of esters is 1. The number of rotatable bonds is 1. The van der Waals surface area contributed by atoms with Crippen LogP contribution in [0.4, 0.5) is 0 Å². The maximum atomic E-state index is 11.5. The Morgan fingerprint density at radius 1 is 1.12 bits per heavy atom. The van der Waals surface area contributed by atoms with Crippen molar-refractivity contribution in [2.75, 3.05) is 7.11 Å². The second-order valence-corrected chi connectivity index (χ2v) is 4.26. The Morgan fingerprint density at radius 3 is 2.47 bits per heavy atom. The zero-order chi connectivity index (χ0) is 12.6. The molecule has 2 aromatic rings. The third-order valence-electron chi connectivity index (χ3n) is 2.86. The van der Waals surface area contributed by atoms with Crippen LogP contribution in [0.1, 0.15) is 27.2 Å². The van der Waals surface area contributed by atoms with Crippen molar-refractivity contribution in [3.05, 3.63) is 40.6 Å². The Morgan fingerprint density at radius 2 is 1.82 bits per heavy atom. The summed E-state index contributed by atoms with van der Waals surface area (Å²) in [6, 6.07) is 5.68. The topological polar surface area (TPSA) is 39.2 Å². The summed E-state index contributed by atoms with van der Waals surface area (Å²) >= 11 is 0. The molecule has 2 rings (SSSR count). The van der Waals surface area contributed by atoms with Gasteiger partial charge >= 0.3 is 5.97 Å². The van der Waals surface area contributed by atoms with Crippen LogP contribution in [0.25, 0.3) is 10.9 Å². The quantitative estimate of drug-likeness (QED) is 0.706. The Balaban J connectivity index is 2.77. The maximum Gasteiger partial charge on any atom is 0.337 e. The van der Waals surface area contributed by atoms with Gasteiger partial charge in [0.1, 0.15) is 0 Å². The molecule has 0 N–H and O–H groups in total. The van der Waals surface area contributed by atoms with Gasteiger partial charge in [-0.05, 0) is 50.1 Å². The zero-order valence-corrected chi connectivity index (χ0v) is 10.5. The number of benzene rings is 1. The van der Waals surface area contributed by atoms with Crippen LogP contribution in [0.3, 0.4) is 0 Å². The van der Waals surface area contributed by atoms with Gasteiger partial charge in [0.15, 0.2) is 0 Å². The van der Waals surface area contributed by atoms with Crippen molar-refractivity contribution in [1.29, 1.82) is 0 Å². The molecule has 3 heteroatoms. The van der Waals surface area contributed by atoms with Crippen molar-refractivity contribution in [3.63, 3.8) is 0 Å². The van der Waals surface area contributed by atoms with Crippen molar-refractivity contribution in [2.45, 2.75) is 20.8 Å². The minimum Gasteiger partial charge on any atom is -0.465 e. The van der Waals surface area contributed by atoms with Gasteiger partial charge in [0.05, 0.1) is 18.2 Å². The van der Waals surface area contributed by atoms with Crippen LogP contribution in [-0.4, -0.2) is 18.1 Å². The monoisotopic (exact) mass is 229 g/mol. The summed E-state index contributed by atoms with van der Waals surface area (Å²) in [7, 11) is 1.39. The number of carbonyl (C=O) groups is 1. The Hall–Kier alpha value is -1.90. The molecule has 0 atom stereocenters. The molecule has 0 bridgehead atoms. The minimum absolute atomic E-state index is 0.310. The Bertz CT molecular complexity index is 603. The van der Waals surface area contributed by atoms with Gasteiger partial charge in [-0.25, -0.2) is 4.79 Å². The van der Waals surface area contributed by atoms with E-state index in [4.69, 9.17) is 4.74 Å². The van der Waals surface area contributed by atoms with Crippen LogP contribution in [0, 0.1) is 20.8 Å². The van der Waals surface area contributed by atoms with Gasteiger partial charge in [0, 0.05) is 11.1 Å². The van der Waals surface area contributed by atoms with Crippen molar-refractivity contribution >= 4 is 16.9 Å². The lowest BCUT2D eigenvalue weighted by molar-refractivity contribution is 0.0601. The summed E-state index contributed by atoms with van der Waals surface area (Å²) in [4.78, 5) is 16.1. The number of aromatic nitrogens is 1. The van der Waals surface area contributed by atoms with Gasteiger partial charge in [0.25, 0.3) is 0 Å². The van der Waals surface area contributed by atoms with E-state index in [1.165, 1.54) is 7.11 Å². The molecule has 1 heterocycles. The summed E-state index contributed by atoms with van der Waals surface area (Å²) in [6.07, 6.45) is 0. The molecule has 0 saturated heterocycles. The van der Waals surface area contributed by atoms with Crippen molar-refractivity contribution in [3.8, 4) is 0 Å². The first-order chi connectivity index (χ1) is 8.02. The van der Waals surface area contributed by atoms with E-state index in [0.717, 1.165) is 27.7 Å². The number of methoxy groups -OCH3 is 1. The summed E-state index contributed by atoms with van der Waals surface area (Å²) in [5.74, 6) is -0.310. The van der Waals surface area contributed by atoms with E-state index in [2.05, 4.69) is 4.98 Å². The second kappa shape index (κ2) is 4.17. The lowest BCUT2D eigenvalue weighted by Gasteiger charge is -2.08. The third-order valence-corrected chi connectivity index (χ3v) is 2.86. The summed E-state index contributed by atoms with van der Waals surface area (Å²) in [5.41, 5.74) is 4.64. The zero-order valence-electron chi connectivity index (χ0n) is 10.5. The number of fused-ring (bicyclic) bond motifs is 1. The lowest BCUT2D eigenvalue weighted by Crippen LogP contribution is -2.02. The van der Waals surface area contributed by atoms with E-state index in [-0.39, 0.29) is 5.97 Å². The van der Waals surface area contributed by atoms with E-state index < -0.39 is 0 Å². The molecule has 0 saturated carbocycles. The highest BCUT2D eigenvalue weighted by Gasteiger charge is 2.11. The maximum absolute atomic E-state index is 11.5. The molecular weight excluding hydrogens is 214 g/mol. The molecule has 0 amide bonds. The molecule has 1 aromatic heterocycles. The van der Waals surface area contributed by atoms with Crippen molar-refractivity contribution in [2.24, 2.45) is 0 Å². The number of pyridine rings is 1. The summed E-state index contributed by atoms with van der Waals surface area (Å²) < 4.78 is 4.74. The van der Waals surface area contributed by atoms with E-state index in [1.807, 2.05) is 39.0 Å². The van der Waals surface area contributed by atoms with Crippen molar-refractivity contribution in [1.82, 2.24) is 4.98 Å². The van der Waals surface area contributed by atoms with Gasteiger partial charge in [-0.2, -0.15) is 0 Å². The Labute approximate surface area is 100 Å². The SMILES string of the molecule is COC(=O)c1cc(C)c2nc(C)cc(C)c2c1. The van der Waals surface area contributed by atoms with Gasteiger partial charge in [-0.15, -0.1) is 0 Å². The molecule has 88 valence electrons. The minimum atomic E-state index is -0.310. The average Bonchev–Trinajstić information content (AvgIpc) is 2.29. The molecule has 17 heavy (non-hydrogen) atoms. The molecule has 0 fully saturated rings. The number of nitrogens with zero attached hydrogens (tertiary/aromatic N) is 1. The van der Waals surface area contributed by atoms with Crippen LogP contribution < -0.4 is 0 Å². The van der Waals surface area contributed by atoms with Crippen LogP contribution in [0.2, 0.25) is 0 Å². The van der Waals surface area contributed by atoms with Gasteiger partial charge in [-0.1, -0.05) is 0 Å². The number of ether oxygens (including phenoxy) is 1. The predicted octanol–water partition coefficient (Wildman–Crippen LogP) is 2.95. The summed E-state index contributed by atoms with van der Waals surface area (Å²) in [6.45, 7) is 5.96. The lowest BCUT2D eigenvalue weighted by atomic mass is 10.0. The molecule has 0 aliphatic rings. The van der Waals surface area contributed by atoms with E-state index in [0.29, 0.717) is 5.56 Å². The van der Waals surface area contributed by atoms with E-state index in [1.54, 1.807) is 0 Å². The normalized spacial score (nSPS) is 10.6. The van der Waals surface area contributed by atoms with Crippen LogP contribution >= 0.6 is 0 Å². The average molecular weight is 229 g/mol. The number of carbonyl (C=O) groups excluding carboxylic acids is 1. The highest BCUT2D eigenvalue weighted by molar-refractivity contribution is 5.96. The standard InChI is InChI=1S/C14H15NO2/c1-8-5-10(3)15-13-9(2)6-11(7-12(8)13)14(16)17-4/h5-7H,1-4H3. The van der Waals surface area contributed by atoms with E-state index in [9.17, 15) is 4.79 Å². The number of hydrogen-bond donors (Lipinski definition) is 0. The summed E-state index contributed by atoms with van der Waals surface area (Å²) in [5, 5.41) is 1.01. The highest BCUT2D eigenvalue weighted by Crippen LogP contribution is 2.23. The fraction of sp³-hybridized carbons (Fsp3) is 0.286. The molecule has 0 aliphatic carbocycles. The molecular formula is C14H15NO2. The largest absolute Gasteiger partial charge is 0.465 e. The van der Waals surface area contributed by atoms with Crippen molar-refractivity contribution < 1.29 is 9.53 Å². The Kier molecular flexibility index (Phi) is 2.84. The molecule has 3 nitrogen and oxygen atoms in total. The second-order valence-electron chi connectivity index (χ2n) is 4.26. The molecule has 0 unspecified atom stereocenters. The molecule has 0 aliphatic heterocycles. The molecule has 1 aromatic carbocycles. The van der Waals surface area contributed by atoms with Gasteiger partial charge in [-0.3, -0.25) is 4.98 Å². The first-order valence-corrected chi connectivity index (χ1v) is 5.50. The number of hydrogen-bond acceptors (Lipinski definition) is 3. The van der Waals surface area contributed by atoms with Crippen LogP contribution in [-0.2, 0) is 4.74 Å². The third kappa shape index (κ3) is 2.00. The van der Waals surface area contributed by atoms with Crippen LogP contribution in [0.5, 0.6) is 0 Å². The smallest absolute Gasteiger partial charge is 0.337 e. The first-order valence-electron chi connectivity index (χ1n) is 5.50. The fourth-order valence-electron chi connectivity index (χ4n) is 2.06. The van der Waals surface area contributed by atoms with Gasteiger partial charge in [0.2, 0.25) is 0 Å². The fourth-order valence-corrected chi connectivity index (χ4v) is 2.06. The number of aryl methyl sites for hydroxylation is 3. The van der Waals surface area contributed by atoms with Crippen LogP contribution in [0.15, 0.2) is 18.2 Å². The predicted molar refractivity (Wildman–Crippen MR) is 67.3 cm³/mol. The molecule has 0 spiro atoms.